The van der Waals surface area contributed by atoms with E-state index in [4.69, 9.17) is 4.74 Å². The van der Waals surface area contributed by atoms with Gasteiger partial charge in [0, 0.05) is 45.4 Å². The van der Waals surface area contributed by atoms with Gasteiger partial charge in [0.25, 0.3) is 0 Å². The first-order chi connectivity index (χ1) is 15.2. The maximum Gasteiger partial charge on any atom is 0.419 e. The lowest BCUT2D eigenvalue weighted by atomic mass is 9.86. The molecule has 3 heterocycles. The number of hydrogen-bond donors (Lipinski definition) is 0. The summed E-state index contributed by atoms with van der Waals surface area (Å²) in [5.41, 5.74) is 0.333. The lowest BCUT2D eigenvalue weighted by molar-refractivity contribution is -0.141. The summed E-state index contributed by atoms with van der Waals surface area (Å²) in [6, 6.07) is 1.78. The Morgan fingerprint density at radius 2 is 1.91 bits per heavy atom. The number of benzene rings is 1. The van der Waals surface area contributed by atoms with Crippen LogP contribution < -0.4 is 5.01 Å². The van der Waals surface area contributed by atoms with Crippen molar-refractivity contribution in [2.24, 2.45) is 0 Å². The highest BCUT2D eigenvalue weighted by atomic mass is 19.4. The molecule has 0 spiro atoms. The first-order valence-corrected chi connectivity index (χ1v) is 10.3. The molecule has 1 saturated heterocycles. The van der Waals surface area contributed by atoms with Crippen LogP contribution in [0.1, 0.15) is 51.6 Å². The summed E-state index contributed by atoms with van der Waals surface area (Å²) in [6.45, 7) is 3.14. The number of rotatable bonds is 6. The van der Waals surface area contributed by atoms with Crippen LogP contribution in [0.4, 0.5) is 22.0 Å². The minimum Gasteiger partial charge on any atom is -0.383 e. The second-order valence-electron chi connectivity index (χ2n) is 8.07. The van der Waals surface area contributed by atoms with Gasteiger partial charge in [0.1, 0.15) is 5.69 Å². The number of piperidine rings is 1. The molecule has 6 nitrogen and oxygen atoms in total. The lowest BCUT2D eigenvalue weighted by Gasteiger charge is -2.35. The third kappa shape index (κ3) is 4.11. The van der Waals surface area contributed by atoms with Gasteiger partial charge >= 0.3 is 6.18 Å². The molecule has 0 N–H and O–H groups in total. The zero-order chi connectivity index (χ0) is 23.0. The molecule has 32 heavy (non-hydrogen) atoms. The van der Waals surface area contributed by atoms with Crippen molar-refractivity contribution in [3.63, 3.8) is 0 Å². The average molecular weight is 458 g/mol. The molecule has 11 heteroatoms. The van der Waals surface area contributed by atoms with Crippen molar-refractivity contribution in [1.82, 2.24) is 14.8 Å². The number of methoxy groups -OCH3 is 1. The van der Waals surface area contributed by atoms with E-state index in [0.29, 0.717) is 64.2 Å². The Morgan fingerprint density at radius 1 is 1.19 bits per heavy atom. The van der Waals surface area contributed by atoms with E-state index in [9.17, 15) is 26.7 Å². The topological polar surface area (TPSA) is 50.6 Å². The van der Waals surface area contributed by atoms with Gasteiger partial charge in [0.2, 0.25) is 0 Å². The van der Waals surface area contributed by atoms with Crippen molar-refractivity contribution >= 4 is 6.29 Å². The van der Waals surface area contributed by atoms with E-state index in [-0.39, 0.29) is 5.56 Å². The van der Waals surface area contributed by atoms with Crippen LogP contribution in [0.15, 0.2) is 12.1 Å². The minimum atomic E-state index is -4.98. The van der Waals surface area contributed by atoms with E-state index >= 15 is 0 Å². The quantitative estimate of drug-likeness (QED) is 0.490. The molecular weight excluding hydrogens is 435 g/mol. The lowest BCUT2D eigenvalue weighted by Crippen LogP contribution is -2.43. The third-order valence-corrected chi connectivity index (χ3v) is 6.17. The molecule has 0 radical (unpaired) electrons. The van der Waals surface area contributed by atoms with E-state index in [2.05, 4.69) is 10.00 Å². The Labute approximate surface area is 181 Å². The van der Waals surface area contributed by atoms with E-state index in [1.165, 1.54) is 0 Å². The normalized spacial score (nSPS) is 17.8. The summed E-state index contributed by atoms with van der Waals surface area (Å²) < 4.78 is 72.9. The molecule has 0 bridgehead atoms. The maximum atomic E-state index is 14.0. The molecule has 174 valence electrons. The standard InChI is InChI=1S/C21H23F5N4O2/c1-32-9-8-28-10-15-17(12-31)27-30(18(15)11-28)29-6-4-13(5-7-29)14-2-3-16(22)20(23)19(14)21(24,25)26/h2-3,12-13H,4-11H2,1H3. The van der Waals surface area contributed by atoms with Crippen LogP contribution in [0, 0.1) is 11.6 Å². The number of ether oxygens (including phenoxy) is 1. The molecule has 1 fully saturated rings. The van der Waals surface area contributed by atoms with Crippen LogP contribution in [-0.4, -0.2) is 54.4 Å². The Kier molecular flexibility index (Phi) is 6.22. The Balaban J connectivity index is 1.53. The second-order valence-corrected chi connectivity index (χ2v) is 8.07. The highest BCUT2D eigenvalue weighted by Crippen LogP contribution is 2.41. The van der Waals surface area contributed by atoms with Gasteiger partial charge in [-0.05, 0) is 30.4 Å². The highest BCUT2D eigenvalue weighted by molar-refractivity contribution is 5.75. The summed E-state index contributed by atoms with van der Waals surface area (Å²) >= 11 is 0. The van der Waals surface area contributed by atoms with Gasteiger partial charge in [0.15, 0.2) is 17.9 Å². The number of carbonyl (C=O) groups excluding carboxylic acids is 1. The van der Waals surface area contributed by atoms with Gasteiger partial charge in [-0.15, -0.1) is 5.10 Å². The van der Waals surface area contributed by atoms with Crippen molar-refractivity contribution in [1.29, 1.82) is 0 Å². The van der Waals surface area contributed by atoms with Crippen LogP contribution in [0.3, 0.4) is 0 Å². The summed E-state index contributed by atoms with van der Waals surface area (Å²) in [5, 5.41) is 6.28. The number of carbonyl (C=O) groups is 1. The fraction of sp³-hybridized carbons (Fsp3) is 0.524. The van der Waals surface area contributed by atoms with Crippen molar-refractivity contribution in [3.8, 4) is 0 Å². The monoisotopic (exact) mass is 458 g/mol. The predicted octanol–water partition coefficient (Wildman–Crippen LogP) is 3.47. The summed E-state index contributed by atoms with van der Waals surface area (Å²) in [4.78, 5) is 15.3. The molecule has 2 aliphatic rings. The molecule has 0 aliphatic carbocycles. The Bertz CT molecular complexity index is 999. The number of aldehydes is 1. The van der Waals surface area contributed by atoms with Crippen molar-refractivity contribution < 1.29 is 31.5 Å². The fourth-order valence-corrected chi connectivity index (χ4v) is 4.58. The first-order valence-electron chi connectivity index (χ1n) is 10.3. The molecule has 4 rings (SSSR count). The second kappa shape index (κ2) is 8.78. The summed E-state index contributed by atoms with van der Waals surface area (Å²) in [6.07, 6.45) is -3.65. The van der Waals surface area contributed by atoms with E-state index in [1.54, 1.807) is 11.9 Å². The van der Waals surface area contributed by atoms with Crippen LogP contribution >= 0.6 is 0 Å². The molecule has 2 aliphatic heterocycles. The number of nitrogens with zero attached hydrogens (tertiary/aromatic N) is 4. The van der Waals surface area contributed by atoms with E-state index < -0.39 is 29.3 Å². The Morgan fingerprint density at radius 3 is 2.53 bits per heavy atom. The predicted molar refractivity (Wildman–Crippen MR) is 105 cm³/mol. The summed E-state index contributed by atoms with van der Waals surface area (Å²) in [7, 11) is 1.61. The molecule has 2 aromatic rings. The summed E-state index contributed by atoms with van der Waals surface area (Å²) in [5.74, 6) is -3.93. The molecule has 1 aromatic heterocycles. The number of hydrogen-bond acceptors (Lipinski definition) is 5. The van der Waals surface area contributed by atoms with Gasteiger partial charge in [-0.1, -0.05) is 6.07 Å². The van der Waals surface area contributed by atoms with E-state index in [0.717, 1.165) is 23.4 Å². The SMILES string of the molecule is COCCN1Cc2c(C=O)nn(N3CCC(c4ccc(F)c(F)c4C(F)(F)F)CC3)c2C1. The first kappa shape index (κ1) is 22.7. The average Bonchev–Trinajstić information content (AvgIpc) is 3.32. The fourth-order valence-electron chi connectivity index (χ4n) is 4.58. The molecule has 0 atom stereocenters. The zero-order valence-corrected chi connectivity index (χ0v) is 17.5. The maximum absolute atomic E-state index is 14.0. The third-order valence-electron chi connectivity index (χ3n) is 6.17. The van der Waals surface area contributed by atoms with Gasteiger partial charge in [-0.3, -0.25) is 14.7 Å². The minimum absolute atomic E-state index is 0.221. The van der Waals surface area contributed by atoms with Crippen molar-refractivity contribution in [2.75, 3.05) is 38.4 Å². The van der Waals surface area contributed by atoms with Gasteiger partial charge in [0.05, 0.1) is 17.9 Å². The molecule has 0 saturated carbocycles. The zero-order valence-electron chi connectivity index (χ0n) is 17.5. The number of aromatic nitrogens is 2. The van der Waals surface area contributed by atoms with Gasteiger partial charge in [-0.25, -0.2) is 8.78 Å². The molecular formula is C21H23F5N4O2. The van der Waals surface area contributed by atoms with Gasteiger partial charge < -0.3 is 4.74 Å². The van der Waals surface area contributed by atoms with Gasteiger partial charge in [-0.2, -0.15) is 18.0 Å². The smallest absolute Gasteiger partial charge is 0.383 e. The number of alkyl halides is 3. The van der Waals surface area contributed by atoms with Crippen LogP contribution in [-0.2, 0) is 24.0 Å². The number of halogens is 5. The Hall–Kier alpha value is -2.53. The molecule has 0 amide bonds. The molecule has 1 aromatic carbocycles. The van der Waals surface area contributed by atoms with Crippen molar-refractivity contribution in [3.05, 3.63) is 51.8 Å². The number of fused-ring (bicyclic) bond motifs is 1. The van der Waals surface area contributed by atoms with Crippen molar-refractivity contribution in [2.45, 2.75) is 38.0 Å². The van der Waals surface area contributed by atoms with Crippen LogP contribution in [0.25, 0.3) is 0 Å². The van der Waals surface area contributed by atoms with Crippen LogP contribution in [0.5, 0.6) is 0 Å². The van der Waals surface area contributed by atoms with E-state index in [1.807, 2.05) is 5.01 Å². The van der Waals surface area contributed by atoms with Crippen LogP contribution in [0.2, 0.25) is 0 Å². The molecule has 0 unspecified atom stereocenters. The highest BCUT2D eigenvalue weighted by Gasteiger charge is 2.40. The largest absolute Gasteiger partial charge is 0.419 e.